The number of carbonyl (C=O) groups excluding carboxylic acids is 2. The van der Waals surface area contributed by atoms with E-state index in [4.69, 9.17) is 0 Å². The zero-order valence-electron chi connectivity index (χ0n) is 3.75. The van der Waals surface area contributed by atoms with Crippen LogP contribution in [0.1, 0.15) is 0 Å². The van der Waals surface area contributed by atoms with E-state index in [-0.39, 0.29) is 4.91 Å². The second-order valence-corrected chi connectivity index (χ2v) is 1.72. The summed E-state index contributed by atoms with van der Waals surface area (Å²) in [6, 6.07) is 0. The summed E-state index contributed by atoms with van der Waals surface area (Å²) in [5, 5.41) is 0. The van der Waals surface area contributed by atoms with E-state index in [0.717, 1.165) is 6.08 Å². The van der Waals surface area contributed by atoms with Crippen molar-refractivity contribution in [1.82, 2.24) is 0 Å². The molecule has 0 N–H and O–H groups in total. The molecule has 0 spiro atoms. The predicted octanol–water partition coefficient (Wildman–Crippen LogP) is -0.117. The maximum Gasteiger partial charge on any atom is 0.352 e. The minimum atomic E-state index is -0.668. The third-order valence-electron chi connectivity index (χ3n) is 0.657. The second-order valence-electron chi connectivity index (χ2n) is 1.24. The van der Waals surface area contributed by atoms with E-state index in [1.807, 2.05) is 0 Å². The highest BCUT2D eigenvalue weighted by molar-refractivity contribution is 7.85. The topological polar surface area (TPSA) is 43.4 Å². The Morgan fingerprint density at radius 2 is 2.12 bits per heavy atom. The average molecular weight is 130 g/mol. The molecule has 0 radical (unpaired) electrons. The summed E-state index contributed by atoms with van der Waals surface area (Å²) in [4.78, 5) is 20.4. The van der Waals surface area contributed by atoms with Gasteiger partial charge in [0.05, 0.1) is 4.91 Å². The van der Waals surface area contributed by atoms with Gasteiger partial charge in [-0.3, -0.25) is 0 Å². The van der Waals surface area contributed by atoms with Crippen molar-refractivity contribution in [3.8, 4) is 0 Å². The summed E-state index contributed by atoms with van der Waals surface area (Å²) in [6.45, 7) is 0. The molecule has 1 aliphatic heterocycles. The molecule has 1 heterocycles. The molecule has 0 atom stereocenters. The van der Waals surface area contributed by atoms with Crippen molar-refractivity contribution in [2.45, 2.75) is 0 Å². The Hall–Kier alpha value is -0.770. The van der Waals surface area contributed by atoms with Gasteiger partial charge in [0.1, 0.15) is 0 Å². The molecule has 0 bridgehead atoms. The van der Waals surface area contributed by atoms with Crippen LogP contribution in [-0.4, -0.2) is 11.9 Å². The van der Waals surface area contributed by atoms with Gasteiger partial charge in [0.25, 0.3) is 0 Å². The summed E-state index contributed by atoms with van der Waals surface area (Å²) >= 11 is 3.61. The molecule has 3 nitrogen and oxygen atoms in total. The first-order valence-electron chi connectivity index (χ1n) is 1.87. The molecule has 0 saturated carbocycles. The normalized spacial score (nSPS) is 18.4. The van der Waals surface area contributed by atoms with Crippen LogP contribution in [0.2, 0.25) is 0 Å². The minimum absolute atomic E-state index is 0.0648. The molecule has 0 unspecified atom stereocenters. The molecule has 0 saturated heterocycles. The van der Waals surface area contributed by atoms with Gasteiger partial charge in [-0.05, 0) is 0 Å². The van der Waals surface area contributed by atoms with Crippen molar-refractivity contribution in [2.24, 2.45) is 0 Å². The molecular weight excluding hydrogens is 128 g/mol. The second kappa shape index (κ2) is 1.63. The highest BCUT2D eigenvalue weighted by atomic mass is 32.1. The van der Waals surface area contributed by atoms with Crippen LogP contribution >= 0.6 is 12.6 Å². The smallest absolute Gasteiger partial charge is 0.352 e. The Balaban J connectivity index is 2.88. The van der Waals surface area contributed by atoms with Crippen molar-refractivity contribution in [3.05, 3.63) is 11.0 Å². The van der Waals surface area contributed by atoms with E-state index in [1.165, 1.54) is 0 Å². The summed E-state index contributed by atoms with van der Waals surface area (Å²) < 4.78 is 4.03. The average Bonchev–Trinajstić information content (AvgIpc) is 1.85. The van der Waals surface area contributed by atoms with Crippen LogP contribution in [0.15, 0.2) is 11.0 Å². The maximum absolute atomic E-state index is 10.2. The Labute approximate surface area is 50.7 Å². The Kier molecular flexibility index (Phi) is 1.09. The number of carbonyl (C=O) groups is 2. The van der Waals surface area contributed by atoms with E-state index in [2.05, 4.69) is 17.4 Å². The molecule has 0 amide bonds. The molecule has 0 aromatic heterocycles. The summed E-state index contributed by atoms with van der Waals surface area (Å²) in [6.07, 6.45) is 1.03. The number of cyclic esters (lactones) is 2. The van der Waals surface area contributed by atoms with E-state index >= 15 is 0 Å². The van der Waals surface area contributed by atoms with Crippen LogP contribution in [0.3, 0.4) is 0 Å². The van der Waals surface area contributed by atoms with Gasteiger partial charge in [0.2, 0.25) is 0 Å². The molecule has 0 aromatic carbocycles. The van der Waals surface area contributed by atoms with Gasteiger partial charge in [-0.25, -0.2) is 9.59 Å². The van der Waals surface area contributed by atoms with Crippen LogP contribution in [0, 0.1) is 0 Å². The van der Waals surface area contributed by atoms with Crippen molar-refractivity contribution >= 4 is 24.6 Å². The first kappa shape index (κ1) is 5.37. The third-order valence-corrected chi connectivity index (χ3v) is 0.969. The predicted molar refractivity (Wildman–Crippen MR) is 28.2 cm³/mol. The lowest BCUT2D eigenvalue weighted by Gasteiger charge is -1.83. The van der Waals surface area contributed by atoms with Gasteiger partial charge in [-0.1, -0.05) is 0 Å². The first-order chi connectivity index (χ1) is 3.70. The zero-order chi connectivity index (χ0) is 6.15. The first-order valence-corrected chi connectivity index (χ1v) is 2.31. The van der Waals surface area contributed by atoms with Crippen LogP contribution in [0.25, 0.3) is 0 Å². The van der Waals surface area contributed by atoms with Gasteiger partial charge in [0, 0.05) is 6.08 Å². The summed E-state index contributed by atoms with van der Waals surface area (Å²) in [5.74, 6) is -1.31. The molecular formula is C4H2O3S. The largest absolute Gasteiger partial charge is 0.386 e. The highest BCUT2D eigenvalue weighted by Gasteiger charge is 2.19. The molecule has 0 aliphatic carbocycles. The molecule has 8 heavy (non-hydrogen) atoms. The molecule has 1 rings (SSSR count). The number of esters is 2. The SMILES string of the molecule is O=C1C=C(S)C(=O)O1. The van der Waals surface area contributed by atoms with E-state index < -0.39 is 11.9 Å². The molecule has 0 aromatic rings. The molecule has 4 heteroatoms. The minimum Gasteiger partial charge on any atom is -0.386 e. The van der Waals surface area contributed by atoms with Crippen LogP contribution in [0.5, 0.6) is 0 Å². The van der Waals surface area contributed by atoms with Gasteiger partial charge < -0.3 is 4.74 Å². The number of thiol groups is 1. The number of hydrogen-bond acceptors (Lipinski definition) is 4. The Morgan fingerprint density at radius 1 is 1.50 bits per heavy atom. The van der Waals surface area contributed by atoms with E-state index in [9.17, 15) is 9.59 Å². The van der Waals surface area contributed by atoms with Crippen LogP contribution < -0.4 is 0 Å². The standard InChI is InChI=1S/C4H2O3S/c5-3-1-2(8)4(6)7-3/h1,8H. The van der Waals surface area contributed by atoms with Gasteiger partial charge >= 0.3 is 11.9 Å². The van der Waals surface area contributed by atoms with Crippen molar-refractivity contribution in [1.29, 1.82) is 0 Å². The molecule has 42 valence electrons. The lowest BCUT2D eigenvalue weighted by Crippen LogP contribution is -1.98. The van der Waals surface area contributed by atoms with Gasteiger partial charge in [-0.2, -0.15) is 0 Å². The molecule has 0 fully saturated rings. The Morgan fingerprint density at radius 3 is 2.25 bits per heavy atom. The van der Waals surface area contributed by atoms with Crippen molar-refractivity contribution < 1.29 is 14.3 Å². The fourth-order valence-corrected chi connectivity index (χ4v) is 0.495. The number of hydrogen-bond donors (Lipinski definition) is 1. The lowest BCUT2D eigenvalue weighted by molar-refractivity contribution is -0.150. The third kappa shape index (κ3) is 0.742. The zero-order valence-corrected chi connectivity index (χ0v) is 4.64. The summed E-state index contributed by atoms with van der Waals surface area (Å²) in [5.41, 5.74) is 0. The maximum atomic E-state index is 10.2. The highest BCUT2D eigenvalue weighted by Crippen LogP contribution is 2.10. The van der Waals surface area contributed by atoms with E-state index in [0.29, 0.717) is 0 Å². The monoisotopic (exact) mass is 130 g/mol. The fraction of sp³-hybridized carbons (Fsp3) is 0. The van der Waals surface area contributed by atoms with Gasteiger partial charge in [-0.15, -0.1) is 12.6 Å². The summed E-state index contributed by atoms with van der Waals surface area (Å²) in [7, 11) is 0. The fourth-order valence-electron chi connectivity index (χ4n) is 0.344. The molecule has 1 aliphatic rings. The van der Waals surface area contributed by atoms with Crippen LogP contribution in [0.4, 0.5) is 0 Å². The quantitative estimate of drug-likeness (QED) is 0.282. The van der Waals surface area contributed by atoms with Crippen molar-refractivity contribution in [3.63, 3.8) is 0 Å². The van der Waals surface area contributed by atoms with Crippen LogP contribution in [-0.2, 0) is 14.3 Å². The Bertz CT molecular complexity index is 182. The van der Waals surface area contributed by atoms with E-state index in [1.54, 1.807) is 0 Å². The number of ether oxygens (including phenoxy) is 1. The van der Waals surface area contributed by atoms with Crippen molar-refractivity contribution in [2.75, 3.05) is 0 Å². The number of rotatable bonds is 0. The lowest BCUT2D eigenvalue weighted by atomic mass is 10.6. The van der Waals surface area contributed by atoms with Gasteiger partial charge in [0.15, 0.2) is 0 Å².